The van der Waals surface area contributed by atoms with E-state index in [1.165, 1.54) is 6.92 Å². The summed E-state index contributed by atoms with van der Waals surface area (Å²) in [5.74, 6) is 0.249. The molecule has 1 saturated heterocycles. The molecule has 4 aromatic rings. The molecule has 0 N–H and O–H groups in total. The van der Waals surface area contributed by atoms with Crippen molar-refractivity contribution >= 4 is 23.3 Å². The number of methoxy groups -OCH3 is 1. The molecule has 0 aromatic heterocycles. The van der Waals surface area contributed by atoms with Gasteiger partial charge in [-0.25, -0.2) is 0 Å². The van der Waals surface area contributed by atoms with Crippen LogP contribution in [0.4, 0.5) is 5.69 Å². The zero-order valence-electron chi connectivity index (χ0n) is 22.3. The van der Waals surface area contributed by atoms with Crippen LogP contribution >= 0.6 is 0 Å². The van der Waals surface area contributed by atoms with Gasteiger partial charge in [-0.15, -0.1) is 0 Å². The minimum absolute atomic E-state index is 0.0188. The summed E-state index contributed by atoms with van der Waals surface area (Å²) in [6.07, 6.45) is -0.953. The van der Waals surface area contributed by atoms with Crippen LogP contribution in [-0.2, 0) is 14.3 Å². The van der Waals surface area contributed by atoms with Crippen LogP contribution in [0.15, 0.2) is 103 Å². The number of benzene rings is 4. The van der Waals surface area contributed by atoms with E-state index in [2.05, 4.69) is 0 Å². The van der Waals surface area contributed by atoms with Gasteiger partial charge >= 0.3 is 5.97 Å². The molecule has 0 bridgehead atoms. The lowest BCUT2D eigenvalue weighted by atomic mass is 10.0. The van der Waals surface area contributed by atoms with E-state index in [1.807, 2.05) is 54.6 Å². The Bertz CT molecular complexity index is 1500. The summed E-state index contributed by atoms with van der Waals surface area (Å²) in [7, 11) is 1.54. The molecular formula is C33H29NO6. The first-order valence-electron chi connectivity index (χ1n) is 13.0. The van der Waals surface area contributed by atoms with E-state index >= 15 is 0 Å². The first-order valence-corrected chi connectivity index (χ1v) is 13.0. The monoisotopic (exact) mass is 535 g/mol. The zero-order chi connectivity index (χ0) is 28.1. The lowest BCUT2D eigenvalue weighted by Crippen LogP contribution is -2.30. The molecule has 4 aromatic carbocycles. The summed E-state index contributed by atoms with van der Waals surface area (Å²) in [6.45, 7) is 1.71. The van der Waals surface area contributed by atoms with Crippen LogP contribution < -0.4 is 14.4 Å². The van der Waals surface area contributed by atoms with Gasteiger partial charge in [0.15, 0.2) is 6.10 Å². The van der Waals surface area contributed by atoms with E-state index < -0.39 is 18.0 Å². The normalized spacial score (nSPS) is 15.4. The van der Waals surface area contributed by atoms with Gasteiger partial charge in [0.05, 0.1) is 13.0 Å². The highest BCUT2D eigenvalue weighted by atomic mass is 16.5. The van der Waals surface area contributed by atoms with Crippen LogP contribution in [0.3, 0.4) is 0 Å². The van der Waals surface area contributed by atoms with E-state index in [9.17, 15) is 14.4 Å². The number of hydrogen-bond donors (Lipinski definition) is 0. The fraction of sp³-hybridized carbons (Fsp3) is 0.182. The van der Waals surface area contributed by atoms with E-state index in [1.54, 1.807) is 60.5 Å². The summed E-state index contributed by atoms with van der Waals surface area (Å²) < 4.78 is 16.7. The maximum absolute atomic E-state index is 12.8. The average molecular weight is 536 g/mol. The number of nitrogens with zero attached hydrogens (tertiary/aromatic N) is 1. The third-order valence-electron chi connectivity index (χ3n) is 6.84. The second kappa shape index (κ2) is 11.9. The summed E-state index contributed by atoms with van der Waals surface area (Å²) in [4.78, 5) is 39.9. The lowest BCUT2D eigenvalue weighted by Gasteiger charge is -2.18. The van der Waals surface area contributed by atoms with Crippen LogP contribution in [0.25, 0.3) is 11.1 Å². The van der Waals surface area contributed by atoms with Gasteiger partial charge in [-0.1, -0.05) is 48.5 Å². The summed E-state index contributed by atoms with van der Waals surface area (Å²) in [6, 6.07) is 31.6. The van der Waals surface area contributed by atoms with Crippen LogP contribution in [0.5, 0.6) is 17.2 Å². The maximum Gasteiger partial charge on any atom is 0.312 e. The Labute approximate surface area is 232 Å². The van der Waals surface area contributed by atoms with Crippen molar-refractivity contribution in [2.75, 3.05) is 18.6 Å². The van der Waals surface area contributed by atoms with Gasteiger partial charge in [0.1, 0.15) is 17.2 Å². The van der Waals surface area contributed by atoms with Gasteiger partial charge in [0, 0.05) is 29.8 Å². The van der Waals surface area contributed by atoms with Crippen LogP contribution in [0.2, 0.25) is 0 Å². The topological polar surface area (TPSA) is 82.1 Å². The number of hydrogen-bond acceptors (Lipinski definition) is 6. The Hall–Kier alpha value is -4.91. The number of carbonyl (C=O) groups excluding carboxylic acids is 3. The molecule has 0 unspecified atom stereocenters. The van der Waals surface area contributed by atoms with E-state index in [0.717, 1.165) is 16.9 Å². The van der Waals surface area contributed by atoms with Crippen LogP contribution in [0.1, 0.15) is 23.7 Å². The van der Waals surface area contributed by atoms with Gasteiger partial charge in [-0.2, -0.15) is 0 Å². The van der Waals surface area contributed by atoms with Crippen LogP contribution in [-0.4, -0.2) is 37.4 Å². The SMILES string of the molecule is COc1ccc(C(=O)[C@@H](C)OC(=O)[C@@H]2CC(=O)N(c3ccc(Oc4ccccc4-c4ccccc4)cc3)C2)cc1. The van der Waals surface area contributed by atoms with Gasteiger partial charge < -0.3 is 19.1 Å². The molecule has 0 saturated carbocycles. The molecule has 1 amide bonds. The molecule has 1 aliphatic heterocycles. The predicted octanol–water partition coefficient (Wildman–Crippen LogP) is 6.32. The van der Waals surface area contributed by atoms with Crippen molar-refractivity contribution in [1.82, 2.24) is 0 Å². The number of carbonyl (C=O) groups is 3. The number of anilines is 1. The Morgan fingerprint density at radius 1 is 0.825 bits per heavy atom. The van der Waals surface area contributed by atoms with Crippen LogP contribution in [0, 0.1) is 5.92 Å². The largest absolute Gasteiger partial charge is 0.497 e. The van der Waals surface area contributed by atoms with Gasteiger partial charge in [0.2, 0.25) is 11.7 Å². The molecule has 1 heterocycles. The third kappa shape index (κ3) is 5.89. The molecule has 0 spiro atoms. The Morgan fingerprint density at radius 2 is 1.48 bits per heavy atom. The molecular weight excluding hydrogens is 506 g/mol. The minimum atomic E-state index is -0.972. The van der Waals surface area contributed by atoms with Gasteiger partial charge in [0.25, 0.3) is 0 Å². The van der Waals surface area contributed by atoms with Crippen molar-refractivity contribution < 1.29 is 28.6 Å². The minimum Gasteiger partial charge on any atom is -0.497 e. The average Bonchev–Trinajstić information content (AvgIpc) is 3.39. The summed E-state index contributed by atoms with van der Waals surface area (Å²) in [5.41, 5.74) is 3.10. The molecule has 2 atom stereocenters. The van der Waals surface area contributed by atoms with Gasteiger partial charge in [-0.3, -0.25) is 14.4 Å². The van der Waals surface area contributed by atoms with E-state index in [4.69, 9.17) is 14.2 Å². The summed E-state index contributed by atoms with van der Waals surface area (Å²) in [5, 5.41) is 0. The smallest absolute Gasteiger partial charge is 0.312 e. The van der Waals surface area contributed by atoms with Crippen molar-refractivity contribution in [3.63, 3.8) is 0 Å². The number of ketones is 1. The standard InChI is InChI=1S/C33H29NO6/c1-22(32(36)24-12-16-27(38-2)17-13-24)39-33(37)25-20-31(35)34(21-25)26-14-18-28(19-15-26)40-30-11-7-6-10-29(30)23-8-4-3-5-9-23/h3-19,22,25H,20-21H2,1-2H3/t22-,25-/m1/s1. The summed E-state index contributed by atoms with van der Waals surface area (Å²) >= 11 is 0. The van der Waals surface area contributed by atoms with Gasteiger partial charge in [-0.05, 0) is 67.1 Å². The second-order valence-corrected chi connectivity index (χ2v) is 9.54. The van der Waals surface area contributed by atoms with E-state index in [0.29, 0.717) is 22.7 Å². The molecule has 40 heavy (non-hydrogen) atoms. The zero-order valence-corrected chi connectivity index (χ0v) is 22.3. The highest BCUT2D eigenvalue weighted by molar-refractivity contribution is 6.02. The maximum atomic E-state index is 12.8. The van der Waals surface area contributed by atoms with E-state index in [-0.39, 0.29) is 24.7 Å². The fourth-order valence-electron chi connectivity index (χ4n) is 4.66. The molecule has 7 heteroatoms. The quantitative estimate of drug-likeness (QED) is 0.184. The molecule has 202 valence electrons. The predicted molar refractivity (Wildman–Crippen MR) is 152 cm³/mol. The van der Waals surface area contributed by atoms with Crippen molar-refractivity contribution in [2.24, 2.45) is 5.92 Å². The number of esters is 1. The number of Topliss-reactive ketones (excluding diaryl/α,β-unsaturated/α-hetero) is 1. The molecule has 0 radical (unpaired) electrons. The molecule has 5 rings (SSSR count). The number of ether oxygens (including phenoxy) is 3. The second-order valence-electron chi connectivity index (χ2n) is 9.54. The van der Waals surface area contributed by atoms with Crippen molar-refractivity contribution in [2.45, 2.75) is 19.4 Å². The fourth-order valence-corrected chi connectivity index (χ4v) is 4.66. The number of amides is 1. The first kappa shape index (κ1) is 26.7. The first-order chi connectivity index (χ1) is 19.4. The Kier molecular flexibility index (Phi) is 7.92. The highest BCUT2D eigenvalue weighted by Crippen LogP contribution is 2.34. The van der Waals surface area contributed by atoms with Crippen molar-refractivity contribution in [1.29, 1.82) is 0 Å². The molecule has 1 fully saturated rings. The van der Waals surface area contributed by atoms with Crippen molar-refractivity contribution in [3.8, 4) is 28.4 Å². The highest BCUT2D eigenvalue weighted by Gasteiger charge is 2.37. The van der Waals surface area contributed by atoms with Crippen molar-refractivity contribution in [3.05, 3.63) is 109 Å². The Morgan fingerprint density at radius 3 is 2.17 bits per heavy atom. The molecule has 7 nitrogen and oxygen atoms in total. The number of para-hydroxylation sites is 1. The Balaban J connectivity index is 1.21. The molecule has 1 aliphatic rings. The third-order valence-corrected chi connectivity index (χ3v) is 6.84. The molecule has 0 aliphatic carbocycles. The lowest BCUT2D eigenvalue weighted by molar-refractivity contribution is -0.151. The number of rotatable bonds is 9.